The second kappa shape index (κ2) is 3.57. The van der Waals surface area contributed by atoms with Crippen molar-refractivity contribution in [3.8, 4) is 0 Å². The Labute approximate surface area is 81.3 Å². The van der Waals surface area contributed by atoms with Gasteiger partial charge in [0.2, 0.25) is 6.41 Å². The van der Waals surface area contributed by atoms with Crippen LogP contribution in [0.3, 0.4) is 0 Å². The molecule has 0 aliphatic heterocycles. The van der Waals surface area contributed by atoms with E-state index in [1.165, 1.54) is 0 Å². The molecule has 1 heterocycles. The number of aryl methyl sites for hydroxylation is 1. The van der Waals surface area contributed by atoms with Gasteiger partial charge >= 0.3 is 0 Å². The molecule has 0 saturated carbocycles. The van der Waals surface area contributed by atoms with Crippen LogP contribution < -0.4 is 5.32 Å². The molecule has 1 aromatic rings. The number of hydrogen-bond donors (Lipinski definition) is 1. The van der Waals surface area contributed by atoms with Gasteiger partial charge in [0, 0.05) is 12.6 Å². The number of rotatable bonds is 2. The zero-order valence-electron chi connectivity index (χ0n) is 7.62. The minimum absolute atomic E-state index is 0.0729. The molecule has 1 N–H and O–H groups in total. The lowest BCUT2D eigenvalue weighted by Crippen LogP contribution is -2.15. The number of carbonyl (C=O) groups excluding carboxylic acids is 2. The number of nitrogens with one attached hydrogen (secondary N) is 1. The van der Waals surface area contributed by atoms with E-state index in [2.05, 4.69) is 10.3 Å². The van der Waals surface area contributed by atoms with E-state index < -0.39 is 0 Å². The molecule has 0 fully saturated rings. The second-order valence-corrected chi connectivity index (χ2v) is 3.23. The van der Waals surface area contributed by atoms with Crippen molar-refractivity contribution >= 4 is 18.0 Å². The van der Waals surface area contributed by atoms with Crippen LogP contribution >= 0.6 is 0 Å². The van der Waals surface area contributed by atoms with Gasteiger partial charge in [-0.1, -0.05) is 0 Å². The van der Waals surface area contributed by atoms with Crippen LogP contribution in [0.25, 0.3) is 0 Å². The third kappa shape index (κ3) is 1.39. The van der Waals surface area contributed by atoms with Crippen LogP contribution in [0.15, 0.2) is 12.3 Å². The largest absolute Gasteiger partial charge is 0.313 e. The number of Topliss-reactive ketones (excluding diaryl/α,β-unsaturated/α-hetero) is 1. The van der Waals surface area contributed by atoms with Crippen molar-refractivity contribution in [3.63, 3.8) is 0 Å². The Kier molecular flexibility index (Phi) is 2.26. The maximum atomic E-state index is 11.6. The second-order valence-electron chi connectivity index (χ2n) is 3.23. The molecule has 14 heavy (non-hydrogen) atoms. The summed E-state index contributed by atoms with van der Waals surface area (Å²) in [5.41, 5.74) is 1.58. The quantitative estimate of drug-likeness (QED) is 0.712. The molecule has 1 aliphatic carbocycles. The maximum Gasteiger partial charge on any atom is 0.212 e. The molecular weight excluding hydrogens is 180 g/mol. The van der Waals surface area contributed by atoms with Gasteiger partial charge < -0.3 is 5.32 Å². The van der Waals surface area contributed by atoms with Gasteiger partial charge in [0.25, 0.3) is 0 Å². The maximum absolute atomic E-state index is 11.6. The van der Waals surface area contributed by atoms with Gasteiger partial charge in [0.15, 0.2) is 5.78 Å². The first-order valence-electron chi connectivity index (χ1n) is 4.54. The predicted octanol–water partition coefficient (Wildman–Crippen LogP) is 1.17. The molecule has 0 saturated heterocycles. The van der Waals surface area contributed by atoms with Crippen LogP contribution in [-0.2, 0) is 11.2 Å². The summed E-state index contributed by atoms with van der Waals surface area (Å²) >= 11 is 0. The van der Waals surface area contributed by atoms with E-state index in [4.69, 9.17) is 0 Å². The van der Waals surface area contributed by atoms with Crippen molar-refractivity contribution in [1.29, 1.82) is 0 Å². The van der Waals surface area contributed by atoms with E-state index >= 15 is 0 Å². The molecule has 2 rings (SSSR count). The summed E-state index contributed by atoms with van der Waals surface area (Å²) in [6, 6.07) is 1.84. The Bertz CT molecular complexity index is 388. The van der Waals surface area contributed by atoms with Crippen LogP contribution in [0, 0.1) is 0 Å². The molecule has 4 heteroatoms. The van der Waals surface area contributed by atoms with Crippen LogP contribution in [0.2, 0.25) is 0 Å². The van der Waals surface area contributed by atoms with Crippen molar-refractivity contribution < 1.29 is 9.59 Å². The summed E-state index contributed by atoms with van der Waals surface area (Å²) in [5.74, 6) is 0.464. The number of carbonyl (C=O) groups is 2. The topological polar surface area (TPSA) is 59.1 Å². The Morgan fingerprint density at radius 1 is 1.43 bits per heavy atom. The Balaban J connectivity index is 2.51. The Hall–Kier alpha value is -1.71. The zero-order chi connectivity index (χ0) is 9.97. The number of nitrogens with zero attached hydrogens (tertiary/aromatic N) is 1. The normalized spacial score (nSPS) is 14.7. The Morgan fingerprint density at radius 2 is 2.29 bits per heavy atom. The summed E-state index contributed by atoms with van der Waals surface area (Å²) in [5, 5.41) is 2.45. The lowest BCUT2D eigenvalue weighted by atomic mass is 9.91. The summed E-state index contributed by atoms with van der Waals surface area (Å²) < 4.78 is 0. The minimum atomic E-state index is 0.0729. The molecule has 72 valence electrons. The van der Waals surface area contributed by atoms with Crippen molar-refractivity contribution in [2.75, 3.05) is 5.32 Å². The molecule has 4 nitrogen and oxygen atoms in total. The molecule has 0 spiro atoms. The molecular formula is C10H10N2O2. The first-order valence-corrected chi connectivity index (χ1v) is 4.54. The SMILES string of the molecule is O=CNc1nccc2c1C(=O)CCC2. The minimum Gasteiger partial charge on any atom is -0.313 e. The van der Waals surface area contributed by atoms with Crippen molar-refractivity contribution in [2.45, 2.75) is 19.3 Å². The van der Waals surface area contributed by atoms with Crippen LogP contribution in [0.4, 0.5) is 5.82 Å². The monoisotopic (exact) mass is 190 g/mol. The highest BCUT2D eigenvalue weighted by Gasteiger charge is 2.20. The van der Waals surface area contributed by atoms with Gasteiger partial charge in [0.05, 0.1) is 5.56 Å². The number of hydrogen-bond acceptors (Lipinski definition) is 3. The fourth-order valence-electron chi connectivity index (χ4n) is 1.75. The van der Waals surface area contributed by atoms with Gasteiger partial charge in [-0.25, -0.2) is 4.98 Å². The number of pyridine rings is 1. The predicted molar refractivity (Wildman–Crippen MR) is 51.2 cm³/mol. The summed E-state index contributed by atoms with van der Waals surface area (Å²) in [6.07, 6.45) is 4.48. The highest BCUT2D eigenvalue weighted by molar-refractivity contribution is 6.03. The van der Waals surface area contributed by atoms with E-state index in [0.29, 0.717) is 24.2 Å². The standard InChI is InChI=1S/C10H10N2O2/c13-6-12-10-9-7(4-5-11-10)2-1-3-8(9)14/h4-6H,1-3H2,(H,11,12,13). The highest BCUT2D eigenvalue weighted by atomic mass is 16.1. The van der Waals surface area contributed by atoms with E-state index in [-0.39, 0.29) is 5.78 Å². The van der Waals surface area contributed by atoms with Gasteiger partial charge in [-0.2, -0.15) is 0 Å². The fraction of sp³-hybridized carbons (Fsp3) is 0.300. The average molecular weight is 190 g/mol. The molecule has 0 unspecified atom stereocenters. The molecule has 0 aromatic carbocycles. The first-order chi connectivity index (χ1) is 6.83. The van der Waals surface area contributed by atoms with Gasteiger partial charge in [-0.05, 0) is 24.5 Å². The van der Waals surface area contributed by atoms with Gasteiger partial charge in [-0.15, -0.1) is 0 Å². The number of anilines is 1. The highest BCUT2D eigenvalue weighted by Crippen LogP contribution is 2.25. The molecule has 0 atom stereocenters. The van der Waals surface area contributed by atoms with Crippen LogP contribution in [0.5, 0.6) is 0 Å². The average Bonchev–Trinajstić information content (AvgIpc) is 2.19. The van der Waals surface area contributed by atoms with Gasteiger partial charge in [-0.3, -0.25) is 9.59 Å². The molecule has 1 aromatic heterocycles. The van der Waals surface area contributed by atoms with Crippen LogP contribution in [0.1, 0.15) is 28.8 Å². The van der Waals surface area contributed by atoms with E-state index in [1.54, 1.807) is 6.20 Å². The van der Waals surface area contributed by atoms with E-state index in [9.17, 15) is 9.59 Å². The summed E-state index contributed by atoms with van der Waals surface area (Å²) in [7, 11) is 0. The zero-order valence-corrected chi connectivity index (χ0v) is 7.62. The number of ketones is 1. The number of amides is 1. The Morgan fingerprint density at radius 3 is 3.07 bits per heavy atom. The van der Waals surface area contributed by atoms with Crippen molar-refractivity contribution in [3.05, 3.63) is 23.4 Å². The molecule has 1 aliphatic rings. The fourth-order valence-corrected chi connectivity index (χ4v) is 1.75. The summed E-state index contributed by atoms with van der Waals surface area (Å²) in [6.45, 7) is 0. The molecule has 0 bridgehead atoms. The summed E-state index contributed by atoms with van der Waals surface area (Å²) in [4.78, 5) is 25.9. The van der Waals surface area contributed by atoms with Gasteiger partial charge in [0.1, 0.15) is 5.82 Å². The molecule has 1 amide bonds. The smallest absolute Gasteiger partial charge is 0.212 e. The lowest BCUT2D eigenvalue weighted by Gasteiger charge is -2.16. The number of fused-ring (bicyclic) bond motifs is 1. The van der Waals surface area contributed by atoms with Crippen LogP contribution in [-0.4, -0.2) is 17.2 Å². The third-order valence-corrected chi connectivity index (χ3v) is 2.36. The first kappa shape index (κ1) is 8.87. The number of aromatic nitrogens is 1. The van der Waals surface area contributed by atoms with E-state index in [1.807, 2.05) is 6.07 Å². The van der Waals surface area contributed by atoms with E-state index in [0.717, 1.165) is 18.4 Å². The third-order valence-electron chi connectivity index (χ3n) is 2.36. The molecule has 0 radical (unpaired) electrons. The van der Waals surface area contributed by atoms with Crippen molar-refractivity contribution in [2.24, 2.45) is 0 Å². The van der Waals surface area contributed by atoms with Crippen molar-refractivity contribution in [1.82, 2.24) is 4.98 Å². The lowest BCUT2D eigenvalue weighted by molar-refractivity contribution is -0.105.